The second-order valence-electron chi connectivity index (χ2n) is 7.89. The van der Waals surface area contributed by atoms with Gasteiger partial charge in [-0.2, -0.15) is 28.4 Å². The predicted molar refractivity (Wildman–Crippen MR) is 114 cm³/mol. The van der Waals surface area contributed by atoms with E-state index >= 15 is 0 Å². The number of hydrogen-bond donors (Lipinski definition) is 1. The molecule has 0 aromatic carbocycles. The van der Waals surface area contributed by atoms with E-state index in [4.69, 9.17) is 0 Å². The van der Waals surface area contributed by atoms with Crippen LogP contribution in [0.1, 0.15) is 24.0 Å². The molecule has 0 radical (unpaired) electrons. The lowest BCUT2D eigenvalue weighted by Gasteiger charge is -2.20. The van der Waals surface area contributed by atoms with E-state index < -0.39 is 26.6 Å². The number of sulfonamides is 1. The molecule has 5 rings (SSSR count). The van der Waals surface area contributed by atoms with Crippen LogP contribution in [0.2, 0.25) is 0 Å². The highest BCUT2D eigenvalue weighted by molar-refractivity contribution is 7.89. The van der Waals surface area contributed by atoms with Gasteiger partial charge in [-0.05, 0) is 43.2 Å². The summed E-state index contributed by atoms with van der Waals surface area (Å²) in [7, 11) is -4.48. The van der Waals surface area contributed by atoms with Gasteiger partial charge in [-0.25, -0.2) is 13.4 Å². The lowest BCUT2D eigenvalue weighted by atomic mass is 10.1. The van der Waals surface area contributed by atoms with E-state index in [1.54, 1.807) is 27.5 Å². The number of nitrogens with one attached hydrogen (secondary N) is 1. The molecule has 2 aliphatic carbocycles. The second-order valence-corrected chi connectivity index (χ2v) is 9.58. The number of fused-ring (bicyclic) bond motifs is 1. The van der Waals surface area contributed by atoms with Crippen LogP contribution in [0.5, 0.6) is 0 Å². The summed E-state index contributed by atoms with van der Waals surface area (Å²) in [5.41, 5.74) is -0.382. The van der Waals surface area contributed by atoms with Crippen molar-refractivity contribution in [2.24, 2.45) is 0 Å². The van der Waals surface area contributed by atoms with E-state index in [1.807, 2.05) is 6.07 Å². The molecule has 1 saturated carbocycles. The van der Waals surface area contributed by atoms with Gasteiger partial charge in [-0.15, -0.1) is 0 Å². The minimum Gasteiger partial charge on any atom is -0.291 e. The van der Waals surface area contributed by atoms with Crippen LogP contribution < -0.4 is 4.72 Å². The zero-order chi connectivity index (χ0) is 24.3. The van der Waals surface area contributed by atoms with Crippen LogP contribution in [0.25, 0.3) is 28.1 Å². The fourth-order valence-corrected chi connectivity index (χ4v) is 5.12. The molecule has 0 bridgehead atoms. The van der Waals surface area contributed by atoms with E-state index in [1.165, 1.54) is 18.3 Å². The van der Waals surface area contributed by atoms with Crippen LogP contribution in [0, 0.1) is 22.7 Å². The lowest BCUT2D eigenvalue weighted by molar-refractivity contribution is -0.160. The first-order chi connectivity index (χ1) is 16.1. The van der Waals surface area contributed by atoms with Crippen LogP contribution >= 0.6 is 0 Å². The molecule has 0 atom stereocenters. The number of nitriles is 2. The summed E-state index contributed by atoms with van der Waals surface area (Å²) >= 11 is 0. The fourth-order valence-electron chi connectivity index (χ4n) is 3.73. The van der Waals surface area contributed by atoms with Crippen molar-refractivity contribution in [3.05, 3.63) is 59.9 Å². The van der Waals surface area contributed by atoms with Gasteiger partial charge in [0, 0.05) is 23.5 Å². The summed E-state index contributed by atoms with van der Waals surface area (Å²) in [4.78, 5) is 8.04. The van der Waals surface area contributed by atoms with Gasteiger partial charge in [0.25, 0.3) is 0 Å². The van der Waals surface area contributed by atoms with Crippen molar-refractivity contribution >= 4 is 26.8 Å². The van der Waals surface area contributed by atoms with Gasteiger partial charge in [0.1, 0.15) is 28.2 Å². The standard InChI is InChI=1S/C22H13F3N6O2S/c23-22(24,25)21(6-7-21)30-34(32,33)15-4-5-18(28-12-15)19-17(10-27)16-8-13(9-26)11-29-20(16)31(19)14-2-1-3-14/h1-5,8,11-12,30H,6-7H2. The zero-order valence-corrected chi connectivity index (χ0v) is 17.9. The Labute approximate surface area is 191 Å². The average molecular weight is 482 g/mol. The van der Waals surface area contributed by atoms with E-state index in [2.05, 4.69) is 16.0 Å². The molecule has 0 spiro atoms. The number of rotatable bonds is 5. The van der Waals surface area contributed by atoms with Gasteiger partial charge in [-0.1, -0.05) is 6.08 Å². The molecule has 12 heteroatoms. The van der Waals surface area contributed by atoms with E-state index in [0.717, 1.165) is 12.3 Å². The maximum atomic E-state index is 13.2. The van der Waals surface area contributed by atoms with Crippen molar-refractivity contribution in [1.82, 2.24) is 19.3 Å². The summed E-state index contributed by atoms with van der Waals surface area (Å²) in [6.07, 6.45) is 2.31. The Hall–Kier alpha value is -4.00. The Morgan fingerprint density at radius 1 is 1.12 bits per heavy atom. The van der Waals surface area contributed by atoms with Crippen LogP contribution in [0.3, 0.4) is 0 Å². The lowest BCUT2D eigenvalue weighted by Crippen LogP contribution is -2.47. The molecule has 1 N–H and O–H groups in total. The molecule has 0 unspecified atom stereocenters. The Morgan fingerprint density at radius 2 is 1.85 bits per heavy atom. The molecule has 0 saturated heterocycles. The highest BCUT2D eigenvalue weighted by Gasteiger charge is 2.65. The summed E-state index contributed by atoms with van der Waals surface area (Å²) < 4.78 is 68.2. The highest BCUT2D eigenvalue weighted by atomic mass is 32.2. The molecular weight excluding hydrogens is 469 g/mol. The predicted octanol–water partition coefficient (Wildman–Crippen LogP) is 3.63. The molecule has 2 aliphatic rings. The molecule has 0 amide bonds. The fraction of sp³-hybridized carbons (Fsp3) is 0.182. The molecule has 3 aromatic heterocycles. The third kappa shape index (κ3) is 3.27. The van der Waals surface area contributed by atoms with Crippen molar-refractivity contribution in [1.29, 1.82) is 10.5 Å². The molecule has 8 nitrogen and oxygen atoms in total. The number of aromatic nitrogens is 3. The topological polar surface area (TPSA) is 124 Å². The third-order valence-corrected chi connectivity index (χ3v) is 7.27. The number of allylic oxidation sites excluding steroid dienone is 4. The normalized spacial score (nSPS) is 16.4. The van der Waals surface area contributed by atoms with Gasteiger partial charge < -0.3 is 0 Å². The number of alkyl halides is 3. The molecule has 3 heterocycles. The van der Waals surface area contributed by atoms with Gasteiger partial charge in [0.15, 0.2) is 0 Å². The molecule has 1 fully saturated rings. The van der Waals surface area contributed by atoms with Crippen molar-refractivity contribution < 1.29 is 21.6 Å². The highest BCUT2D eigenvalue weighted by Crippen LogP contribution is 2.49. The van der Waals surface area contributed by atoms with E-state index in [0.29, 0.717) is 22.4 Å². The maximum absolute atomic E-state index is 13.2. The Bertz CT molecular complexity index is 1600. The first kappa shape index (κ1) is 21.8. The maximum Gasteiger partial charge on any atom is 0.407 e. The smallest absolute Gasteiger partial charge is 0.291 e. The van der Waals surface area contributed by atoms with Crippen LogP contribution in [0.15, 0.2) is 53.7 Å². The van der Waals surface area contributed by atoms with Crippen molar-refractivity contribution in [3.8, 4) is 23.5 Å². The van der Waals surface area contributed by atoms with E-state index in [-0.39, 0.29) is 29.7 Å². The zero-order valence-electron chi connectivity index (χ0n) is 17.1. The van der Waals surface area contributed by atoms with Gasteiger partial charge >= 0.3 is 6.18 Å². The number of pyridine rings is 2. The Morgan fingerprint density at radius 3 is 2.35 bits per heavy atom. The van der Waals surface area contributed by atoms with Crippen LogP contribution in [0.4, 0.5) is 13.2 Å². The first-order valence-electron chi connectivity index (χ1n) is 9.91. The van der Waals surface area contributed by atoms with Crippen LogP contribution in [-0.2, 0) is 10.0 Å². The largest absolute Gasteiger partial charge is 0.407 e. The van der Waals surface area contributed by atoms with E-state index in [9.17, 15) is 32.1 Å². The van der Waals surface area contributed by atoms with Crippen LogP contribution in [-0.4, -0.2) is 34.7 Å². The number of halogens is 3. The minimum atomic E-state index is -4.70. The quantitative estimate of drug-likeness (QED) is 0.592. The Kier molecular flexibility index (Phi) is 4.65. The Balaban J connectivity index is 1.60. The first-order valence-corrected chi connectivity index (χ1v) is 11.4. The van der Waals surface area contributed by atoms with Gasteiger partial charge in [-0.3, -0.25) is 9.55 Å². The second kappa shape index (κ2) is 7.25. The van der Waals surface area contributed by atoms with Crippen molar-refractivity contribution in [2.75, 3.05) is 0 Å². The number of hydrogen-bond acceptors (Lipinski definition) is 6. The summed E-state index contributed by atoms with van der Waals surface area (Å²) in [6.45, 7) is 0. The summed E-state index contributed by atoms with van der Waals surface area (Å²) in [5.74, 6) is 0. The molecule has 3 aromatic rings. The summed E-state index contributed by atoms with van der Waals surface area (Å²) in [5, 5.41) is 19.5. The van der Waals surface area contributed by atoms with Gasteiger partial charge in [0.05, 0.1) is 22.5 Å². The molecule has 170 valence electrons. The minimum absolute atomic E-state index is 0.177. The van der Waals surface area contributed by atoms with Crippen molar-refractivity contribution in [2.45, 2.75) is 29.5 Å². The third-order valence-electron chi connectivity index (χ3n) is 5.75. The SMILES string of the molecule is N#Cc1cnc2c(c1)c(C#N)c(-c1ccc(S(=O)(=O)NC3(C(F)(F)F)CC3)cn1)n2C1=CC=C1. The summed E-state index contributed by atoms with van der Waals surface area (Å²) in [6, 6.07) is 8.06. The molecule has 34 heavy (non-hydrogen) atoms. The van der Waals surface area contributed by atoms with Crippen molar-refractivity contribution in [3.63, 3.8) is 0 Å². The number of nitrogens with zero attached hydrogens (tertiary/aromatic N) is 5. The molecular formula is C22H13F3N6O2S. The monoisotopic (exact) mass is 482 g/mol. The van der Waals surface area contributed by atoms with Gasteiger partial charge in [0.2, 0.25) is 10.0 Å². The average Bonchev–Trinajstić information content (AvgIpc) is 3.48. The molecule has 0 aliphatic heterocycles.